The summed E-state index contributed by atoms with van der Waals surface area (Å²) in [5.74, 6) is 0.0701. The summed E-state index contributed by atoms with van der Waals surface area (Å²) in [7, 11) is 0. The van der Waals surface area contributed by atoms with E-state index < -0.39 is 74.2 Å². The SMILES string of the molecule is CCCCCCCCCCCCCCCCCCCCCCC(O)C(=O)N[C@@H](CO[C@H]1O[C@H](CO)[C@H](O)[C@H](O)[C@H]1O)[C@H](O)[C@H](O)CCCCCCCCCCCC(C)C. The normalized spacial score (nSPS) is 21.8. The van der Waals surface area contributed by atoms with Gasteiger partial charge in [0.1, 0.15) is 36.6 Å². The summed E-state index contributed by atoms with van der Waals surface area (Å²) in [5, 5.41) is 75.7. The third-order valence-electron chi connectivity index (χ3n) is 12.3. The third kappa shape index (κ3) is 28.4. The summed E-state index contributed by atoms with van der Waals surface area (Å²) >= 11 is 0. The Balaban J connectivity index is 2.37. The lowest BCUT2D eigenvalue weighted by Crippen LogP contribution is -2.60. The molecule has 1 amide bonds. The van der Waals surface area contributed by atoms with E-state index in [4.69, 9.17) is 9.47 Å². The van der Waals surface area contributed by atoms with Crippen LogP contribution in [0.25, 0.3) is 0 Å². The molecule has 8 N–H and O–H groups in total. The van der Waals surface area contributed by atoms with Gasteiger partial charge in [-0.3, -0.25) is 4.79 Å². The van der Waals surface area contributed by atoms with Gasteiger partial charge in [0.15, 0.2) is 6.29 Å². The van der Waals surface area contributed by atoms with Gasteiger partial charge in [0.05, 0.1) is 25.4 Å². The Hall–Kier alpha value is -0.890. The van der Waals surface area contributed by atoms with Gasteiger partial charge in [0, 0.05) is 0 Å². The predicted octanol–water partition coefficient (Wildman–Crippen LogP) is 8.53. The first-order chi connectivity index (χ1) is 28.5. The Morgan fingerprint density at radius 1 is 0.559 bits per heavy atom. The van der Waals surface area contributed by atoms with Crippen molar-refractivity contribution in [1.82, 2.24) is 5.32 Å². The van der Waals surface area contributed by atoms with Crippen molar-refractivity contribution in [2.45, 2.75) is 281 Å². The standard InChI is InChI=1S/C48H95NO10/c1-4-5-6-7-8-9-10-11-12-13-14-15-16-17-18-19-22-26-29-32-35-41(52)47(57)49-39(37-58-48-46(56)45(55)44(54)42(36-50)59-48)43(53)40(51)34-31-28-25-23-20-21-24-27-30-33-38(2)3/h38-46,48,50-56H,4-37H2,1-3H3,(H,49,57)/t39-,40+,41?,42+,43-,44-,45-,46+,48-/m0/s1. The lowest BCUT2D eigenvalue weighted by Gasteiger charge is -2.40. The number of rotatable bonds is 41. The Kier molecular flexibility index (Phi) is 35.8. The maximum atomic E-state index is 13.1. The molecule has 0 aliphatic carbocycles. The minimum absolute atomic E-state index is 0.266. The molecule has 1 rings (SSSR count). The van der Waals surface area contributed by atoms with Crippen molar-refractivity contribution >= 4 is 5.91 Å². The summed E-state index contributed by atoms with van der Waals surface area (Å²) in [5.41, 5.74) is 0. The number of carbonyl (C=O) groups excluding carboxylic acids is 1. The molecular weight excluding hydrogens is 751 g/mol. The number of hydrogen-bond donors (Lipinski definition) is 8. The van der Waals surface area contributed by atoms with Gasteiger partial charge in [0.25, 0.3) is 0 Å². The van der Waals surface area contributed by atoms with Crippen LogP contribution in [-0.4, -0.2) is 110 Å². The molecule has 11 heteroatoms. The van der Waals surface area contributed by atoms with Crippen LogP contribution in [0.3, 0.4) is 0 Å². The Morgan fingerprint density at radius 2 is 0.949 bits per heavy atom. The number of nitrogens with one attached hydrogen (secondary N) is 1. The molecule has 0 radical (unpaired) electrons. The summed E-state index contributed by atoms with van der Waals surface area (Å²) in [4.78, 5) is 13.1. The van der Waals surface area contributed by atoms with Crippen molar-refractivity contribution in [2.24, 2.45) is 5.92 Å². The number of hydrogen-bond acceptors (Lipinski definition) is 10. The van der Waals surface area contributed by atoms with Gasteiger partial charge in [-0.1, -0.05) is 213 Å². The van der Waals surface area contributed by atoms with Crippen molar-refractivity contribution in [1.29, 1.82) is 0 Å². The van der Waals surface area contributed by atoms with Gasteiger partial charge in [-0.2, -0.15) is 0 Å². The van der Waals surface area contributed by atoms with E-state index in [1.807, 2.05) is 0 Å². The first kappa shape index (κ1) is 56.1. The fourth-order valence-corrected chi connectivity index (χ4v) is 8.21. The van der Waals surface area contributed by atoms with Crippen LogP contribution in [0.1, 0.15) is 226 Å². The number of ether oxygens (including phenoxy) is 2. The lowest BCUT2D eigenvalue weighted by atomic mass is 9.98. The van der Waals surface area contributed by atoms with E-state index in [-0.39, 0.29) is 6.42 Å². The molecule has 1 fully saturated rings. The number of aliphatic hydroxyl groups is 7. The van der Waals surface area contributed by atoms with Crippen molar-refractivity contribution in [3.05, 3.63) is 0 Å². The Bertz CT molecular complexity index is 941. The van der Waals surface area contributed by atoms with Crippen LogP contribution in [0.15, 0.2) is 0 Å². The predicted molar refractivity (Wildman–Crippen MR) is 238 cm³/mol. The summed E-state index contributed by atoms with van der Waals surface area (Å²) in [6.07, 6.45) is 25.9. The molecule has 59 heavy (non-hydrogen) atoms. The van der Waals surface area contributed by atoms with Crippen LogP contribution in [0.2, 0.25) is 0 Å². The van der Waals surface area contributed by atoms with Crippen LogP contribution >= 0.6 is 0 Å². The zero-order chi connectivity index (χ0) is 43.5. The minimum Gasteiger partial charge on any atom is -0.394 e. The maximum Gasteiger partial charge on any atom is 0.249 e. The molecular formula is C48H95NO10. The van der Waals surface area contributed by atoms with Gasteiger partial charge in [-0.05, 0) is 18.8 Å². The van der Waals surface area contributed by atoms with Crippen LogP contribution in [-0.2, 0) is 14.3 Å². The molecule has 1 unspecified atom stereocenters. The van der Waals surface area contributed by atoms with Crippen molar-refractivity contribution in [3.63, 3.8) is 0 Å². The molecule has 11 nitrogen and oxygen atoms in total. The van der Waals surface area contributed by atoms with Crippen LogP contribution in [0.4, 0.5) is 0 Å². The van der Waals surface area contributed by atoms with Gasteiger partial charge < -0.3 is 50.5 Å². The first-order valence-corrected chi connectivity index (χ1v) is 24.8. The van der Waals surface area contributed by atoms with E-state index in [1.165, 1.54) is 141 Å². The second-order valence-corrected chi connectivity index (χ2v) is 18.4. The zero-order valence-corrected chi connectivity index (χ0v) is 38.2. The lowest BCUT2D eigenvalue weighted by molar-refractivity contribution is -0.303. The first-order valence-electron chi connectivity index (χ1n) is 24.8. The second kappa shape index (κ2) is 37.6. The molecule has 0 spiro atoms. The highest BCUT2D eigenvalue weighted by molar-refractivity contribution is 5.80. The molecule has 1 heterocycles. The highest BCUT2D eigenvalue weighted by Gasteiger charge is 2.44. The molecule has 0 bridgehead atoms. The molecule has 0 saturated carbocycles. The fourth-order valence-electron chi connectivity index (χ4n) is 8.21. The molecule has 352 valence electrons. The van der Waals surface area contributed by atoms with Gasteiger partial charge in [-0.15, -0.1) is 0 Å². The molecule has 1 saturated heterocycles. The van der Waals surface area contributed by atoms with E-state index in [2.05, 4.69) is 26.1 Å². The largest absolute Gasteiger partial charge is 0.394 e. The fraction of sp³-hybridized carbons (Fsp3) is 0.979. The van der Waals surface area contributed by atoms with Gasteiger partial charge in [0.2, 0.25) is 5.91 Å². The average Bonchev–Trinajstić information content (AvgIpc) is 3.22. The molecule has 1 aliphatic rings. The number of carbonyl (C=O) groups is 1. The van der Waals surface area contributed by atoms with E-state index in [1.54, 1.807) is 0 Å². The summed E-state index contributed by atoms with van der Waals surface area (Å²) in [6.45, 7) is 5.75. The van der Waals surface area contributed by atoms with E-state index in [0.717, 1.165) is 44.4 Å². The highest BCUT2D eigenvalue weighted by atomic mass is 16.7. The van der Waals surface area contributed by atoms with Crippen LogP contribution in [0, 0.1) is 5.92 Å². The average molecular weight is 846 g/mol. The zero-order valence-electron chi connectivity index (χ0n) is 38.2. The quantitative estimate of drug-likeness (QED) is 0.0277. The second-order valence-electron chi connectivity index (χ2n) is 18.4. The van der Waals surface area contributed by atoms with Crippen LogP contribution in [0.5, 0.6) is 0 Å². The smallest absolute Gasteiger partial charge is 0.249 e. The number of amides is 1. The van der Waals surface area contributed by atoms with Gasteiger partial charge >= 0.3 is 0 Å². The van der Waals surface area contributed by atoms with Gasteiger partial charge in [-0.25, -0.2) is 0 Å². The Labute approximate surface area is 360 Å². The topological polar surface area (TPSA) is 189 Å². The monoisotopic (exact) mass is 846 g/mol. The molecule has 9 atom stereocenters. The Morgan fingerprint density at radius 3 is 1.36 bits per heavy atom. The summed E-state index contributed by atoms with van der Waals surface area (Å²) < 4.78 is 11.1. The molecule has 0 aromatic heterocycles. The van der Waals surface area contributed by atoms with Crippen molar-refractivity contribution < 1.29 is 50.0 Å². The molecule has 1 aliphatic heterocycles. The van der Waals surface area contributed by atoms with E-state index >= 15 is 0 Å². The third-order valence-corrected chi connectivity index (χ3v) is 12.3. The minimum atomic E-state index is -1.66. The molecule has 0 aromatic rings. The molecule has 0 aromatic carbocycles. The van der Waals surface area contributed by atoms with E-state index in [9.17, 15) is 40.5 Å². The number of aliphatic hydroxyl groups excluding tert-OH is 7. The van der Waals surface area contributed by atoms with Crippen molar-refractivity contribution in [2.75, 3.05) is 13.2 Å². The van der Waals surface area contributed by atoms with E-state index in [0.29, 0.717) is 19.3 Å². The van der Waals surface area contributed by atoms with Crippen molar-refractivity contribution in [3.8, 4) is 0 Å². The van der Waals surface area contributed by atoms with Crippen LogP contribution < -0.4 is 5.32 Å². The highest BCUT2D eigenvalue weighted by Crippen LogP contribution is 2.23. The number of unbranched alkanes of at least 4 members (excludes halogenated alkanes) is 27. The maximum absolute atomic E-state index is 13.1. The summed E-state index contributed by atoms with van der Waals surface area (Å²) in [6, 6.07) is -1.16.